The maximum absolute atomic E-state index is 12.8. The summed E-state index contributed by atoms with van der Waals surface area (Å²) in [6.07, 6.45) is 3.13. The number of carbonyl (C=O) groups is 2. The third-order valence-electron chi connectivity index (χ3n) is 4.88. The largest absolute Gasteiger partial charge is 0.490 e. The quantitative estimate of drug-likeness (QED) is 0.529. The molecule has 0 bridgehead atoms. The number of anilines is 2. The van der Waals surface area contributed by atoms with E-state index in [0.717, 1.165) is 11.3 Å². The third kappa shape index (κ3) is 5.08. The first kappa shape index (κ1) is 22.9. The van der Waals surface area contributed by atoms with Gasteiger partial charge >= 0.3 is 0 Å². The van der Waals surface area contributed by atoms with E-state index in [1.807, 2.05) is 26.8 Å². The first-order valence-electron chi connectivity index (χ1n) is 10.3. The number of benzene rings is 1. The Hall–Kier alpha value is -3.82. The van der Waals surface area contributed by atoms with E-state index in [4.69, 9.17) is 9.47 Å². The number of aryl methyl sites for hydroxylation is 2. The number of nitrogens with zero attached hydrogens (tertiary/aromatic N) is 4. The Morgan fingerprint density at radius 2 is 1.59 bits per heavy atom. The number of ether oxygens (including phenoxy) is 2. The lowest BCUT2D eigenvalue weighted by Crippen LogP contribution is -2.21. The molecular weight excluding hydrogens is 412 g/mol. The van der Waals surface area contributed by atoms with Crippen LogP contribution in [0.4, 0.5) is 11.4 Å². The number of amides is 2. The molecule has 2 N–H and O–H groups in total. The van der Waals surface area contributed by atoms with Gasteiger partial charge in [0.05, 0.1) is 49.1 Å². The molecule has 0 radical (unpaired) electrons. The molecule has 0 spiro atoms. The maximum atomic E-state index is 12.8. The van der Waals surface area contributed by atoms with Gasteiger partial charge in [0.2, 0.25) is 5.91 Å². The monoisotopic (exact) mass is 440 g/mol. The van der Waals surface area contributed by atoms with Gasteiger partial charge in [0.25, 0.3) is 5.91 Å². The van der Waals surface area contributed by atoms with Gasteiger partial charge in [-0.1, -0.05) is 6.07 Å². The van der Waals surface area contributed by atoms with E-state index in [-0.39, 0.29) is 18.0 Å². The minimum atomic E-state index is -0.393. The van der Waals surface area contributed by atoms with Crippen LogP contribution in [-0.4, -0.2) is 44.6 Å². The molecular formula is C22H28N6O4. The molecule has 0 atom stereocenters. The van der Waals surface area contributed by atoms with Crippen molar-refractivity contribution in [1.82, 2.24) is 19.6 Å². The third-order valence-corrected chi connectivity index (χ3v) is 4.88. The summed E-state index contributed by atoms with van der Waals surface area (Å²) in [4.78, 5) is 25.5. The molecule has 170 valence electrons. The molecule has 3 aromatic rings. The Bertz CT molecular complexity index is 1120. The average Bonchev–Trinajstić information content (AvgIpc) is 3.26. The molecule has 10 heteroatoms. The highest BCUT2D eigenvalue weighted by atomic mass is 16.5. The fraction of sp³-hybridized carbons (Fsp3) is 0.364. The van der Waals surface area contributed by atoms with Crippen molar-refractivity contribution in [3.8, 4) is 11.5 Å². The van der Waals surface area contributed by atoms with Gasteiger partial charge in [-0.2, -0.15) is 10.2 Å². The van der Waals surface area contributed by atoms with Gasteiger partial charge in [-0.05, 0) is 38.5 Å². The van der Waals surface area contributed by atoms with Crippen molar-refractivity contribution >= 4 is 23.2 Å². The second kappa shape index (κ2) is 9.99. The van der Waals surface area contributed by atoms with E-state index < -0.39 is 5.91 Å². The molecule has 10 nitrogen and oxygen atoms in total. The molecule has 2 amide bonds. The van der Waals surface area contributed by atoms with Crippen molar-refractivity contribution < 1.29 is 19.1 Å². The van der Waals surface area contributed by atoms with Gasteiger partial charge in [-0.15, -0.1) is 0 Å². The minimum Gasteiger partial charge on any atom is -0.490 e. The summed E-state index contributed by atoms with van der Waals surface area (Å²) in [6, 6.07) is 5.39. The fourth-order valence-electron chi connectivity index (χ4n) is 3.19. The summed E-state index contributed by atoms with van der Waals surface area (Å²) in [7, 11) is 3.43. The molecule has 2 aromatic heterocycles. The first-order valence-corrected chi connectivity index (χ1v) is 10.3. The summed E-state index contributed by atoms with van der Waals surface area (Å²) in [5, 5.41) is 13.8. The van der Waals surface area contributed by atoms with E-state index in [9.17, 15) is 9.59 Å². The Morgan fingerprint density at radius 3 is 2.25 bits per heavy atom. The average molecular weight is 441 g/mol. The van der Waals surface area contributed by atoms with Crippen molar-refractivity contribution in [2.45, 2.75) is 27.2 Å². The summed E-state index contributed by atoms with van der Waals surface area (Å²) in [5.74, 6) is 0.552. The number of hydrogen-bond donors (Lipinski definition) is 2. The van der Waals surface area contributed by atoms with Crippen molar-refractivity contribution in [2.75, 3.05) is 23.8 Å². The van der Waals surface area contributed by atoms with Gasteiger partial charge < -0.3 is 20.1 Å². The molecule has 0 saturated heterocycles. The maximum Gasteiger partial charge on any atom is 0.276 e. The molecule has 2 heterocycles. The zero-order valence-corrected chi connectivity index (χ0v) is 18.9. The van der Waals surface area contributed by atoms with Crippen LogP contribution in [-0.2, 0) is 25.3 Å². The zero-order valence-electron chi connectivity index (χ0n) is 18.9. The summed E-state index contributed by atoms with van der Waals surface area (Å²) in [5.41, 5.74) is 2.73. The fourth-order valence-corrected chi connectivity index (χ4v) is 3.19. The number of rotatable bonds is 9. The topological polar surface area (TPSA) is 112 Å². The molecule has 1 aromatic carbocycles. The summed E-state index contributed by atoms with van der Waals surface area (Å²) >= 11 is 0. The molecule has 0 aliphatic carbocycles. The standard InChI is InChI=1S/C22H28N6O4/c1-6-31-18-9-8-15(10-19(18)32-7-2)11-20(29)25-17-13-24-28(5)21(17)22(30)26-16-12-23-27(4)14(16)3/h8-10,12-13H,6-7,11H2,1-5H3,(H,25,29)(H,26,30). The molecule has 32 heavy (non-hydrogen) atoms. The summed E-state index contributed by atoms with van der Waals surface area (Å²) < 4.78 is 14.3. The van der Waals surface area contributed by atoms with Crippen molar-refractivity contribution in [2.24, 2.45) is 14.1 Å². The highest BCUT2D eigenvalue weighted by Gasteiger charge is 2.20. The van der Waals surface area contributed by atoms with Gasteiger partial charge in [-0.25, -0.2) is 0 Å². The molecule has 0 aliphatic heterocycles. The molecule has 0 saturated carbocycles. The van der Waals surface area contributed by atoms with Gasteiger partial charge in [0.15, 0.2) is 11.5 Å². The summed E-state index contributed by atoms with van der Waals surface area (Å²) in [6.45, 7) is 6.64. The Labute approximate surface area is 186 Å². The predicted octanol–water partition coefficient (Wildman–Crippen LogP) is 2.69. The van der Waals surface area contributed by atoms with E-state index in [0.29, 0.717) is 36.1 Å². The Kier molecular flexibility index (Phi) is 7.14. The Balaban J connectivity index is 1.73. The number of nitrogens with one attached hydrogen (secondary N) is 2. The lowest BCUT2D eigenvalue weighted by molar-refractivity contribution is -0.115. The molecule has 0 fully saturated rings. The van der Waals surface area contributed by atoms with Crippen LogP contribution < -0.4 is 20.1 Å². The molecule has 0 aliphatic rings. The number of hydrogen-bond acceptors (Lipinski definition) is 6. The number of carbonyl (C=O) groups excluding carboxylic acids is 2. The van der Waals surface area contributed by atoms with Crippen molar-refractivity contribution in [3.63, 3.8) is 0 Å². The second-order valence-electron chi connectivity index (χ2n) is 7.12. The van der Waals surface area contributed by atoms with Gasteiger partial charge in [0.1, 0.15) is 5.69 Å². The highest BCUT2D eigenvalue weighted by molar-refractivity contribution is 6.09. The second-order valence-corrected chi connectivity index (χ2v) is 7.12. The lowest BCUT2D eigenvalue weighted by Gasteiger charge is -2.12. The van der Waals surface area contributed by atoms with E-state index >= 15 is 0 Å². The highest BCUT2D eigenvalue weighted by Crippen LogP contribution is 2.29. The molecule has 3 rings (SSSR count). The number of aromatic nitrogens is 4. The Morgan fingerprint density at radius 1 is 0.938 bits per heavy atom. The van der Waals surface area contributed by atoms with Crippen LogP contribution in [0.1, 0.15) is 35.6 Å². The van der Waals surface area contributed by atoms with Crippen LogP contribution in [0.25, 0.3) is 0 Å². The van der Waals surface area contributed by atoms with Crippen LogP contribution in [0.5, 0.6) is 11.5 Å². The van der Waals surface area contributed by atoms with Crippen molar-refractivity contribution in [3.05, 3.63) is 47.5 Å². The van der Waals surface area contributed by atoms with E-state index in [1.165, 1.54) is 10.9 Å². The smallest absolute Gasteiger partial charge is 0.276 e. The van der Waals surface area contributed by atoms with Gasteiger partial charge in [0, 0.05) is 14.1 Å². The first-order chi connectivity index (χ1) is 15.3. The van der Waals surface area contributed by atoms with Crippen molar-refractivity contribution in [1.29, 1.82) is 0 Å². The van der Waals surface area contributed by atoms with Crippen LogP contribution in [0.3, 0.4) is 0 Å². The van der Waals surface area contributed by atoms with E-state index in [1.54, 1.807) is 37.1 Å². The van der Waals surface area contributed by atoms with Crippen LogP contribution in [0.2, 0.25) is 0 Å². The zero-order chi connectivity index (χ0) is 23.3. The minimum absolute atomic E-state index is 0.101. The lowest BCUT2D eigenvalue weighted by atomic mass is 10.1. The predicted molar refractivity (Wildman–Crippen MR) is 120 cm³/mol. The van der Waals surface area contributed by atoms with Crippen LogP contribution in [0, 0.1) is 6.92 Å². The van der Waals surface area contributed by atoms with Crippen LogP contribution >= 0.6 is 0 Å². The normalized spacial score (nSPS) is 10.7. The SMILES string of the molecule is CCOc1ccc(CC(=O)Nc2cnn(C)c2C(=O)Nc2cnn(C)c2C)cc1OCC. The molecule has 0 unspecified atom stereocenters. The van der Waals surface area contributed by atoms with Gasteiger partial charge in [-0.3, -0.25) is 19.0 Å². The van der Waals surface area contributed by atoms with Crippen LogP contribution in [0.15, 0.2) is 30.6 Å². The van der Waals surface area contributed by atoms with E-state index in [2.05, 4.69) is 20.8 Å².